The van der Waals surface area contributed by atoms with E-state index < -0.39 is 0 Å². The normalized spacial score (nSPS) is 16.3. The third kappa shape index (κ3) is 6.63. The van der Waals surface area contributed by atoms with Gasteiger partial charge < -0.3 is 5.32 Å². The van der Waals surface area contributed by atoms with E-state index in [4.69, 9.17) is 0 Å². The van der Waals surface area contributed by atoms with Crippen molar-refractivity contribution in [3.8, 4) is 0 Å². The van der Waals surface area contributed by atoms with Crippen molar-refractivity contribution in [3.05, 3.63) is 39.9 Å². The number of rotatable bonds is 6. The van der Waals surface area contributed by atoms with E-state index in [0.29, 0.717) is 12.0 Å². The first-order chi connectivity index (χ1) is 10.1. The zero-order valence-corrected chi connectivity index (χ0v) is 15.4. The Balaban J connectivity index is 0.00000242. The van der Waals surface area contributed by atoms with Crippen molar-refractivity contribution in [2.45, 2.75) is 32.7 Å². The molecule has 1 fully saturated rings. The van der Waals surface area contributed by atoms with Crippen LogP contribution in [0.5, 0.6) is 0 Å². The summed E-state index contributed by atoms with van der Waals surface area (Å²) < 4.78 is 0. The van der Waals surface area contributed by atoms with Gasteiger partial charge in [-0.25, -0.2) is 0 Å². The topological polar surface area (TPSA) is 58.4 Å². The van der Waals surface area contributed by atoms with E-state index in [2.05, 4.69) is 24.1 Å². The Hall–Kier alpha value is -0.880. The molecular formula is C16H27Cl2N3O2. The minimum atomic E-state index is -0.336. The number of nitro groups is 1. The molecule has 0 saturated carbocycles. The lowest BCUT2D eigenvalue weighted by Crippen LogP contribution is -2.45. The first kappa shape index (κ1) is 22.1. The predicted molar refractivity (Wildman–Crippen MR) is 98.8 cm³/mol. The van der Waals surface area contributed by atoms with E-state index in [0.717, 1.165) is 32.6 Å². The standard InChI is InChI=1S/C16H25N3O2.2ClH/c1-13(2)3-8-16(18-11-9-17-10-12-18)14-4-6-15(7-5-14)19(20)21;;/h4-7,13,16-17H,3,8-12H2,1-2H3;2*1H/t16-;;/m1../s1. The highest BCUT2D eigenvalue weighted by Crippen LogP contribution is 2.29. The third-order valence-corrected chi connectivity index (χ3v) is 4.10. The molecule has 1 aromatic rings. The molecule has 5 nitrogen and oxygen atoms in total. The van der Waals surface area contributed by atoms with Gasteiger partial charge in [0.2, 0.25) is 0 Å². The second kappa shape index (κ2) is 10.8. The average molecular weight is 364 g/mol. The van der Waals surface area contributed by atoms with Crippen LogP contribution in [0.1, 0.15) is 38.3 Å². The minimum absolute atomic E-state index is 0. The molecule has 1 aromatic carbocycles. The van der Waals surface area contributed by atoms with Crippen molar-refractivity contribution in [3.63, 3.8) is 0 Å². The highest BCUT2D eigenvalue weighted by Gasteiger charge is 2.22. The summed E-state index contributed by atoms with van der Waals surface area (Å²) in [5, 5.41) is 14.2. The molecule has 1 aliphatic rings. The summed E-state index contributed by atoms with van der Waals surface area (Å²) in [6.45, 7) is 8.60. The second-order valence-corrected chi connectivity index (χ2v) is 6.12. The fourth-order valence-electron chi connectivity index (χ4n) is 2.86. The first-order valence-corrected chi connectivity index (χ1v) is 7.77. The number of piperazine rings is 1. The molecule has 1 N–H and O–H groups in total. The second-order valence-electron chi connectivity index (χ2n) is 6.12. The largest absolute Gasteiger partial charge is 0.314 e. The van der Waals surface area contributed by atoms with Crippen molar-refractivity contribution in [2.24, 2.45) is 5.92 Å². The number of benzene rings is 1. The number of halogens is 2. The van der Waals surface area contributed by atoms with Crippen molar-refractivity contribution in [2.75, 3.05) is 26.2 Å². The first-order valence-electron chi connectivity index (χ1n) is 7.77. The van der Waals surface area contributed by atoms with E-state index in [1.165, 1.54) is 12.0 Å². The summed E-state index contributed by atoms with van der Waals surface area (Å²) >= 11 is 0. The molecule has 0 bridgehead atoms. The van der Waals surface area contributed by atoms with Crippen LogP contribution in [0.2, 0.25) is 0 Å². The number of nitro benzene ring substituents is 1. The Labute approximate surface area is 150 Å². The summed E-state index contributed by atoms with van der Waals surface area (Å²) in [6.07, 6.45) is 2.28. The molecular weight excluding hydrogens is 337 g/mol. The summed E-state index contributed by atoms with van der Waals surface area (Å²) in [4.78, 5) is 13.0. The molecule has 23 heavy (non-hydrogen) atoms. The summed E-state index contributed by atoms with van der Waals surface area (Å²) in [6, 6.07) is 7.46. The maximum Gasteiger partial charge on any atom is 0.269 e. The van der Waals surface area contributed by atoms with Gasteiger partial charge in [0, 0.05) is 44.4 Å². The number of hydrogen-bond acceptors (Lipinski definition) is 4. The molecule has 2 rings (SSSR count). The van der Waals surface area contributed by atoms with Crippen LogP contribution in [-0.2, 0) is 0 Å². The predicted octanol–water partition coefficient (Wildman–Crippen LogP) is 3.82. The number of hydrogen-bond donors (Lipinski definition) is 1. The lowest BCUT2D eigenvalue weighted by Gasteiger charge is -2.35. The molecule has 0 amide bonds. The van der Waals surface area contributed by atoms with Gasteiger partial charge in [0.05, 0.1) is 4.92 Å². The fraction of sp³-hybridized carbons (Fsp3) is 0.625. The van der Waals surface area contributed by atoms with Gasteiger partial charge in [0.25, 0.3) is 5.69 Å². The van der Waals surface area contributed by atoms with Crippen molar-refractivity contribution in [1.82, 2.24) is 10.2 Å². The van der Waals surface area contributed by atoms with Crippen molar-refractivity contribution in [1.29, 1.82) is 0 Å². The molecule has 132 valence electrons. The van der Waals surface area contributed by atoms with E-state index in [1.54, 1.807) is 12.1 Å². The maximum absolute atomic E-state index is 10.8. The van der Waals surface area contributed by atoms with E-state index in [-0.39, 0.29) is 35.4 Å². The van der Waals surface area contributed by atoms with Crippen LogP contribution in [0.4, 0.5) is 5.69 Å². The van der Waals surface area contributed by atoms with Gasteiger partial charge in [0.15, 0.2) is 0 Å². The Morgan fingerprint density at radius 2 is 1.70 bits per heavy atom. The molecule has 7 heteroatoms. The molecule has 1 aliphatic heterocycles. The van der Waals surface area contributed by atoms with Gasteiger partial charge in [-0.05, 0) is 24.3 Å². The van der Waals surface area contributed by atoms with Crippen LogP contribution in [-0.4, -0.2) is 36.0 Å². The van der Waals surface area contributed by atoms with Crippen LogP contribution in [0.3, 0.4) is 0 Å². The lowest BCUT2D eigenvalue weighted by atomic mass is 9.95. The monoisotopic (exact) mass is 363 g/mol. The van der Waals surface area contributed by atoms with Crippen LogP contribution < -0.4 is 5.32 Å². The average Bonchev–Trinajstić information content (AvgIpc) is 2.49. The van der Waals surface area contributed by atoms with Gasteiger partial charge in [-0.3, -0.25) is 15.0 Å². The highest BCUT2D eigenvalue weighted by molar-refractivity contribution is 5.85. The third-order valence-electron chi connectivity index (χ3n) is 4.10. The molecule has 0 aromatic heterocycles. The van der Waals surface area contributed by atoms with Gasteiger partial charge in [0.1, 0.15) is 0 Å². The molecule has 0 radical (unpaired) electrons. The highest BCUT2D eigenvalue weighted by atomic mass is 35.5. The molecule has 1 heterocycles. The SMILES string of the molecule is CC(C)CC[C@H](c1ccc([N+](=O)[O-])cc1)N1CCNCC1.Cl.Cl. The summed E-state index contributed by atoms with van der Waals surface area (Å²) in [5.74, 6) is 0.675. The van der Waals surface area contributed by atoms with Gasteiger partial charge in [-0.1, -0.05) is 26.0 Å². The zero-order chi connectivity index (χ0) is 15.2. The molecule has 0 aliphatic carbocycles. The Morgan fingerprint density at radius 3 is 2.17 bits per heavy atom. The smallest absolute Gasteiger partial charge is 0.269 e. The Kier molecular flexibility index (Phi) is 10.4. The number of nitrogens with zero attached hydrogens (tertiary/aromatic N) is 2. The molecule has 0 unspecified atom stereocenters. The minimum Gasteiger partial charge on any atom is -0.314 e. The van der Waals surface area contributed by atoms with Gasteiger partial charge in [-0.2, -0.15) is 0 Å². The summed E-state index contributed by atoms with van der Waals surface area (Å²) in [7, 11) is 0. The van der Waals surface area contributed by atoms with E-state index in [1.807, 2.05) is 12.1 Å². The lowest BCUT2D eigenvalue weighted by molar-refractivity contribution is -0.384. The number of non-ortho nitro benzene ring substituents is 1. The van der Waals surface area contributed by atoms with Crippen LogP contribution in [0.15, 0.2) is 24.3 Å². The Morgan fingerprint density at radius 1 is 1.13 bits per heavy atom. The van der Waals surface area contributed by atoms with Crippen LogP contribution in [0.25, 0.3) is 0 Å². The van der Waals surface area contributed by atoms with E-state index >= 15 is 0 Å². The fourth-order valence-corrected chi connectivity index (χ4v) is 2.86. The number of nitrogens with one attached hydrogen (secondary N) is 1. The molecule has 0 spiro atoms. The molecule has 1 atom stereocenters. The quantitative estimate of drug-likeness (QED) is 0.616. The maximum atomic E-state index is 10.8. The van der Waals surface area contributed by atoms with Crippen molar-refractivity contribution < 1.29 is 4.92 Å². The van der Waals surface area contributed by atoms with Gasteiger partial charge >= 0.3 is 0 Å². The summed E-state index contributed by atoms with van der Waals surface area (Å²) in [5.41, 5.74) is 1.37. The Bertz CT molecular complexity index is 463. The van der Waals surface area contributed by atoms with Crippen molar-refractivity contribution >= 4 is 30.5 Å². The van der Waals surface area contributed by atoms with Crippen LogP contribution >= 0.6 is 24.8 Å². The molecule has 1 saturated heterocycles. The zero-order valence-electron chi connectivity index (χ0n) is 13.7. The van der Waals surface area contributed by atoms with Crippen LogP contribution in [0, 0.1) is 16.0 Å². The van der Waals surface area contributed by atoms with E-state index in [9.17, 15) is 10.1 Å². The van der Waals surface area contributed by atoms with Gasteiger partial charge in [-0.15, -0.1) is 24.8 Å².